The molecule has 0 spiro atoms. The van der Waals surface area contributed by atoms with E-state index in [9.17, 15) is 103 Å². The number of aromatic nitrogens is 4. The van der Waals surface area contributed by atoms with Gasteiger partial charge in [0.25, 0.3) is 26.0 Å². The Morgan fingerprint density at radius 3 is 1.08 bits per heavy atom. The van der Waals surface area contributed by atoms with Gasteiger partial charge < -0.3 is 88.2 Å². The Balaban J connectivity index is 0.000000449. The van der Waals surface area contributed by atoms with Crippen molar-refractivity contribution in [2.75, 3.05) is 127 Å². The van der Waals surface area contributed by atoms with Crippen LogP contribution in [0.2, 0.25) is 0 Å². The zero-order valence-electron chi connectivity index (χ0n) is 80.0. The van der Waals surface area contributed by atoms with E-state index in [1.165, 1.54) is 146 Å². The van der Waals surface area contributed by atoms with Crippen molar-refractivity contribution in [3.05, 3.63) is 122 Å². The largest absolute Gasteiger partial charge is 0.760 e. The number of aryl methyl sites for hydroxylation is 2. The average Bonchev–Trinajstić information content (AvgIpc) is 1.57. The standard InChI is InChI=1S/C22H34N2O7S.C17H23N5O7S2.C17H22N4O7S2.C13H18N2O5S.C10H20N2O2.C2HF3O2.Ar.ClHO2S.H3NO/c1-21(2,3)30-19(25)18-12-13-23(20(26)31-22(4,5)6)14-15-24(18)32(27,28)17-10-8-16(29-7)9-11-17;1-20-11-16(18-12-20)31(27,28)21-8-7-15(17(23)19-24)22(10-9-21)30(25,26)14-5-3-13(29-2)4-6-14;1-19-11-16(18-12-19)30(26,27)20-8-7-15(17(22)23)21(10-9-20)29(24,25)14-5-3-13(28-2)4-6-14;1-20-10-2-4-11(5-3-10)21(18,19)15-9-8-14-7-6-12(15)13(16)17;1-10(2,3)14-9(13)8-4-5-11-6-7-12-8;3-2(4,5)1(6)7;;1-4(2)3;1-2/h8-11,18H,12-15H2,1-7H3;3-6,11-12,15,24H,7-10H2,1-2H3,(H,19,23);3-6,11-12,15H,7-10H2,1-2H3,(H,22,23);2-5,12,14H,6-9H2,1H3,(H,16,17);8,11-12H,4-7H2,1-3H3;(H,6,7);;(H,2,3);2H,1H2/p-1. The minimum atomic E-state index is -5.08. The number of halogens is 4. The number of benzene rings is 4. The number of nitrogens with zero attached hydrogens (tertiary/aromatic N) is 11. The molecule has 4 aromatic carbocycles. The van der Waals surface area contributed by atoms with Gasteiger partial charge in [-0.05, 0) is 215 Å². The van der Waals surface area contributed by atoms with Crippen LogP contribution >= 0.6 is 10.7 Å². The summed E-state index contributed by atoms with van der Waals surface area (Å²) in [6.45, 7) is 18.6. The van der Waals surface area contributed by atoms with Crippen LogP contribution < -0.4 is 46.3 Å². The fourth-order valence-corrected chi connectivity index (χ4v) is 22.6. The van der Waals surface area contributed by atoms with Crippen LogP contribution in [0.25, 0.3) is 0 Å². The van der Waals surface area contributed by atoms with Gasteiger partial charge >= 0.3 is 42.1 Å². The molecular weight excluding hydrogens is 2080 g/mol. The van der Waals surface area contributed by atoms with Gasteiger partial charge in [0.1, 0.15) is 70.0 Å². The number of methoxy groups -OCH3 is 4. The molecule has 6 aromatic rings. The Morgan fingerprint density at radius 1 is 0.444 bits per heavy atom. The van der Waals surface area contributed by atoms with Crippen molar-refractivity contribution in [2.24, 2.45) is 20.0 Å². The van der Waals surface area contributed by atoms with Crippen LogP contribution in [0.1, 0.15) is 94.4 Å². The van der Waals surface area contributed by atoms with Crippen LogP contribution in [0, 0.1) is 37.7 Å². The summed E-state index contributed by atoms with van der Waals surface area (Å²) in [5.74, 6) is -1.51. The third-order valence-electron chi connectivity index (χ3n) is 20.0. The van der Waals surface area contributed by atoms with Crippen molar-refractivity contribution in [1.82, 2.24) is 71.3 Å². The number of hydrogen-bond acceptors (Lipinski definition) is 36. The summed E-state index contributed by atoms with van der Waals surface area (Å²) in [4.78, 5) is 90.6. The van der Waals surface area contributed by atoms with E-state index < -0.39 is 153 Å². The van der Waals surface area contributed by atoms with E-state index in [1.807, 2.05) is 20.8 Å². The first-order chi connectivity index (χ1) is 65.4. The third kappa shape index (κ3) is 38.9. The number of rotatable bonds is 21. The van der Waals surface area contributed by atoms with Gasteiger partial charge in [0.15, 0.2) is 10.1 Å². The molecule has 0 aliphatic carbocycles. The van der Waals surface area contributed by atoms with E-state index in [2.05, 4.69) is 42.5 Å². The van der Waals surface area contributed by atoms with Crippen molar-refractivity contribution in [2.45, 2.75) is 177 Å². The normalized spacial score (nSPS) is 18.9. The van der Waals surface area contributed by atoms with E-state index in [1.54, 1.807) is 79.9 Å². The minimum Gasteiger partial charge on any atom is -0.760 e. The number of nitrogens with two attached hydrogens (primary N) is 1. The van der Waals surface area contributed by atoms with E-state index >= 15 is 0 Å². The van der Waals surface area contributed by atoms with Crippen molar-refractivity contribution in [1.29, 1.82) is 0 Å². The van der Waals surface area contributed by atoms with Gasteiger partial charge in [0, 0.05) is 160 Å². The summed E-state index contributed by atoms with van der Waals surface area (Å²) in [6, 6.07) is 18.0. The molecule has 142 heavy (non-hydrogen) atoms. The second-order valence-corrected chi connectivity index (χ2v) is 45.9. The number of aliphatic carboxylic acids is 3. The van der Waals surface area contributed by atoms with Gasteiger partial charge in [-0.2, -0.15) is 39.0 Å². The summed E-state index contributed by atoms with van der Waals surface area (Å²) in [5.41, 5.74) is -0.396. The quantitative estimate of drug-likeness (QED) is 0.0124. The molecule has 0 radical (unpaired) electrons. The number of esters is 2. The zero-order valence-corrected chi connectivity index (χ0v) is 87.1. The Kier molecular flexibility index (Phi) is 51.0. The van der Waals surface area contributed by atoms with Gasteiger partial charge in [0.05, 0.1) is 60.7 Å². The van der Waals surface area contributed by atoms with Gasteiger partial charge in [-0.15, -0.1) is 0 Å². The second kappa shape index (κ2) is 56.8. The maximum absolute atomic E-state index is 13.5. The number of imidazole rings is 2. The Bertz CT molecular complexity index is 5850. The van der Waals surface area contributed by atoms with Gasteiger partial charge in [-0.1, -0.05) is 0 Å². The Labute approximate surface area is 859 Å². The molecule has 11 N–H and O–H groups in total. The number of hydrogen-bond donors (Lipinski definition) is 10. The van der Waals surface area contributed by atoms with Crippen molar-refractivity contribution < 1.29 is 203 Å². The van der Waals surface area contributed by atoms with Crippen LogP contribution in [0.4, 0.5) is 18.0 Å². The molecule has 5 saturated heterocycles. The summed E-state index contributed by atoms with van der Waals surface area (Å²) in [5, 5.41) is 50.7. The van der Waals surface area contributed by atoms with E-state index in [0.29, 0.717) is 36.1 Å². The van der Waals surface area contributed by atoms with Crippen molar-refractivity contribution in [3.8, 4) is 23.0 Å². The monoisotopic (exact) mass is 2200 g/mol. The number of sulfonamides is 6. The van der Waals surface area contributed by atoms with E-state index in [-0.39, 0.29) is 171 Å². The number of ether oxygens (including phenoxy) is 7. The summed E-state index contributed by atoms with van der Waals surface area (Å²) in [7, 11) is -13.3. The number of carboxylic acids is 3. The Morgan fingerprint density at radius 2 is 0.754 bits per heavy atom. The number of amides is 2. The van der Waals surface area contributed by atoms with E-state index in [4.69, 9.17) is 62.2 Å². The molecule has 2 amide bonds. The zero-order chi connectivity index (χ0) is 107. The molecule has 5 aliphatic rings. The van der Waals surface area contributed by atoms with Crippen LogP contribution in [0.5, 0.6) is 23.0 Å². The number of carbonyl (C=O) groups excluding carboxylic acids is 4. The maximum atomic E-state index is 13.5. The predicted octanol–water partition coefficient (Wildman–Crippen LogP) is 2.79. The summed E-state index contributed by atoms with van der Waals surface area (Å²) in [6.07, 6.45) is 0.487. The fraction of sp³-hybridized carbons (Fsp3) is 0.543. The summed E-state index contributed by atoms with van der Waals surface area (Å²) >= 11 is 0. The fourth-order valence-electron chi connectivity index (χ4n) is 13.3. The average molecular weight is 2200 g/mol. The van der Waals surface area contributed by atoms with Crippen molar-refractivity contribution in [3.63, 3.8) is 0 Å². The first-order valence-corrected chi connectivity index (χ1v) is 52.9. The first kappa shape index (κ1) is 127. The SMILES string of the molecule is CC(C)(C)OC(=O)C1CCNCCN1.COc1ccc(S(=O)(=O)N2CCN(C(=O)OC(C)(C)C)CCC2C(=O)OC(C)(C)C)cc1.COc1ccc(S(=O)(=O)N2CCN(S(=O)(=O)c3cn(C)cn3)CCC2C(=O)NO)cc1.COc1ccc(S(=O)(=O)N2CCN(S(=O)(=O)c3cn(C)cn3)CCC2C(=O)O)cc1.COc1ccc(S(=O)(=O)N2CCNCCC2C(=O)O)cc1.NO.O=C(O)C(F)(F)F.O=S([O-])Cl.[Ar]. The smallest absolute Gasteiger partial charge is 0.490 e. The molecule has 0 saturated carbocycles. The Hall–Kier alpha value is -8.74. The van der Waals surface area contributed by atoms with Gasteiger partial charge in [-0.25, -0.2) is 81.4 Å². The summed E-state index contributed by atoms with van der Waals surface area (Å²) < 4.78 is 251. The van der Waals surface area contributed by atoms with Crippen LogP contribution in [0.3, 0.4) is 0 Å². The third-order valence-corrected chi connectivity index (χ3v) is 31.2. The molecule has 61 heteroatoms. The van der Waals surface area contributed by atoms with Crippen molar-refractivity contribution >= 4 is 123 Å². The number of alkyl halides is 3. The molecule has 7 heterocycles. The molecule has 5 aliphatic heterocycles. The first-order valence-electron chi connectivity index (χ1n) is 42.3. The molecule has 6 atom stereocenters. The minimum absolute atomic E-state index is 0. The number of nitrogens with one attached hydrogen (secondary N) is 4. The molecule has 802 valence electrons. The molecule has 2 aromatic heterocycles. The second-order valence-electron chi connectivity index (χ2n) is 33.4. The number of carbonyl (C=O) groups is 7. The van der Waals surface area contributed by atoms with Crippen LogP contribution in [-0.2, 0) is 128 Å². The molecule has 0 bridgehead atoms. The maximum Gasteiger partial charge on any atom is 0.490 e. The van der Waals surface area contributed by atoms with Crippen LogP contribution in [-0.4, -0.2) is 356 Å². The molecular formula is C81H121ArClF3N16O33S7-. The molecule has 6 unspecified atom stereocenters. The van der Waals surface area contributed by atoms with E-state index in [0.717, 1.165) is 51.9 Å². The molecule has 49 nitrogen and oxygen atoms in total. The number of carboxylic acid groups (broad SMARTS) is 3. The molecule has 11 rings (SSSR count). The van der Waals surface area contributed by atoms with Gasteiger partial charge in [-0.3, -0.25) is 33.4 Å². The topological polar surface area (TPSA) is 663 Å². The van der Waals surface area contributed by atoms with Crippen LogP contribution in [0.15, 0.2) is 152 Å². The number of hydroxylamine groups is 1. The van der Waals surface area contributed by atoms with Gasteiger partial charge in [0.2, 0.25) is 40.1 Å². The predicted molar refractivity (Wildman–Crippen MR) is 496 cm³/mol. The molecule has 5 fully saturated rings.